The molecule has 3 aliphatic heterocycles. The number of hydrogen-bond donors (Lipinski definition) is 5. The summed E-state index contributed by atoms with van der Waals surface area (Å²) in [4.78, 5) is 45.5. The third-order valence-corrected chi connectivity index (χ3v) is 15.7. The number of ether oxygens (including phenoxy) is 7. The van der Waals surface area contributed by atoms with E-state index in [1.54, 1.807) is 34.6 Å². The quantitative estimate of drug-likeness (QED) is 0.0548. The van der Waals surface area contributed by atoms with Crippen molar-refractivity contribution in [3.05, 3.63) is 0 Å². The largest absolute Gasteiger partial charge is 0.456 e. The average molecular weight is 988 g/mol. The highest BCUT2D eigenvalue weighted by Crippen LogP contribution is 2.43. The first kappa shape index (κ1) is 61.5. The molecule has 16 heteroatoms. The summed E-state index contributed by atoms with van der Waals surface area (Å²) in [6, 6.07) is -0.409. The molecular weight excluding hydrogens is 891 g/mol. The van der Waals surface area contributed by atoms with Crippen LogP contribution in [0.3, 0.4) is 0 Å². The van der Waals surface area contributed by atoms with Crippen molar-refractivity contribution in [1.29, 1.82) is 0 Å². The number of carbonyl (C=O) groups is 3. The lowest BCUT2D eigenvalue weighted by molar-refractivity contribution is -0.327. The van der Waals surface area contributed by atoms with E-state index in [4.69, 9.17) is 33.2 Å². The monoisotopic (exact) mass is 988 g/mol. The molecule has 0 aromatic rings. The molecule has 3 heterocycles. The summed E-state index contributed by atoms with van der Waals surface area (Å²) < 4.78 is 44.5. The molecular formula is C53H97NO15. The molecule has 0 radical (unpaired) electrons. The van der Waals surface area contributed by atoms with Crippen LogP contribution in [0.5, 0.6) is 0 Å². The fraction of sp³-hybridized carbons (Fsp3) is 0.943. The van der Waals surface area contributed by atoms with Crippen molar-refractivity contribution in [2.75, 3.05) is 21.2 Å². The normalized spacial score (nSPS) is 40.9. The first-order valence-corrected chi connectivity index (χ1v) is 26.5. The summed E-state index contributed by atoms with van der Waals surface area (Å²) in [6.45, 7) is 17.9. The van der Waals surface area contributed by atoms with Gasteiger partial charge >= 0.3 is 11.9 Å². The van der Waals surface area contributed by atoms with Crippen LogP contribution < -0.4 is 0 Å². The van der Waals surface area contributed by atoms with Crippen molar-refractivity contribution in [2.45, 2.75) is 282 Å². The maximum absolute atomic E-state index is 15.2. The summed E-state index contributed by atoms with van der Waals surface area (Å²) in [5.41, 5.74) is -7.71. The first-order valence-electron chi connectivity index (χ1n) is 26.5. The molecule has 0 aromatic heterocycles. The minimum absolute atomic E-state index is 0.00770. The lowest BCUT2D eigenvalue weighted by atomic mass is 9.73. The van der Waals surface area contributed by atoms with Crippen LogP contribution in [0.4, 0.5) is 0 Å². The van der Waals surface area contributed by atoms with E-state index in [-0.39, 0.29) is 31.8 Å². The van der Waals surface area contributed by atoms with Gasteiger partial charge in [0.25, 0.3) is 0 Å². The number of ketones is 1. The first-order chi connectivity index (χ1) is 32.2. The van der Waals surface area contributed by atoms with Gasteiger partial charge in [0, 0.05) is 43.7 Å². The Morgan fingerprint density at radius 1 is 0.754 bits per heavy atom. The van der Waals surface area contributed by atoms with Gasteiger partial charge in [-0.05, 0) is 81.3 Å². The Hall–Kier alpha value is -1.83. The van der Waals surface area contributed by atoms with E-state index in [9.17, 15) is 35.1 Å². The molecule has 5 N–H and O–H groups in total. The number of unbranched alkanes of at least 4 members (excludes halogenated alkanes) is 12. The number of aliphatic hydroxyl groups is 5. The zero-order chi connectivity index (χ0) is 52.1. The van der Waals surface area contributed by atoms with Gasteiger partial charge in [0.2, 0.25) is 5.60 Å². The molecule has 0 amide bonds. The number of aliphatic hydroxyl groups excluding tert-OH is 3. The molecule has 16 nitrogen and oxygen atoms in total. The zero-order valence-electron chi connectivity index (χ0n) is 45.1. The summed E-state index contributed by atoms with van der Waals surface area (Å²) in [5, 5.41) is 59.5. The molecule has 3 aliphatic rings. The highest BCUT2D eigenvalue weighted by atomic mass is 16.7. The third-order valence-electron chi connectivity index (χ3n) is 15.7. The number of methoxy groups -OCH3 is 1. The van der Waals surface area contributed by atoms with Crippen LogP contribution in [-0.4, -0.2) is 159 Å². The van der Waals surface area contributed by atoms with Crippen LogP contribution in [0.15, 0.2) is 0 Å². The van der Waals surface area contributed by atoms with Gasteiger partial charge in [-0.1, -0.05) is 112 Å². The molecule has 3 fully saturated rings. The number of carbonyl (C=O) groups excluding carboxylic acids is 3. The molecule has 2 unspecified atom stereocenters. The van der Waals surface area contributed by atoms with Gasteiger partial charge in [0.1, 0.15) is 35.8 Å². The van der Waals surface area contributed by atoms with Crippen molar-refractivity contribution in [3.8, 4) is 0 Å². The average Bonchev–Trinajstić information content (AvgIpc) is 3.28. The fourth-order valence-electron chi connectivity index (χ4n) is 11.1. The van der Waals surface area contributed by atoms with E-state index in [1.165, 1.54) is 86.2 Å². The Morgan fingerprint density at radius 2 is 1.30 bits per heavy atom. The number of esters is 2. The van der Waals surface area contributed by atoms with Crippen molar-refractivity contribution >= 4 is 17.7 Å². The molecule has 3 rings (SSSR count). The van der Waals surface area contributed by atoms with Crippen molar-refractivity contribution in [3.63, 3.8) is 0 Å². The predicted octanol–water partition coefficient (Wildman–Crippen LogP) is 6.93. The van der Waals surface area contributed by atoms with Crippen LogP contribution in [0.2, 0.25) is 0 Å². The van der Waals surface area contributed by atoms with Crippen LogP contribution in [0, 0.1) is 17.8 Å². The maximum Gasteiger partial charge on any atom is 0.353 e. The van der Waals surface area contributed by atoms with Crippen molar-refractivity contribution < 1.29 is 73.1 Å². The number of Topliss-reactive ketones (excluding diaryl/α,β-unsaturated/α-hetero) is 1. The summed E-state index contributed by atoms with van der Waals surface area (Å²) >= 11 is 0. The Balaban J connectivity index is 2.14. The molecule has 69 heavy (non-hydrogen) atoms. The van der Waals surface area contributed by atoms with Gasteiger partial charge in [-0.3, -0.25) is 9.59 Å². The van der Waals surface area contributed by atoms with E-state index in [0.717, 1.165) is 25.7 Å². The lowest BCUT2D eigenvalue weighted by Crippen LogP contribution is -2.65. The summed E-state index contributed by atoms with van der Waals surface area (Å²) in [5.74, 6) is -5.59. The standard InChI is InChI=1S/C53H97NO15/c1-15-17-18-19-20-21-22-23-24-25-26-27-28-29-40(55)69-53(11)47(67-41-32-51(9,63-14)45(59)37(7)65-41)36(6)46(68-48-43(57)38(54(12)13)30-34(4)64-48)50(8,61)31-33(3)42(56)35(5)44(58)52(10,62)39(16-2)66-49(53)60/h33-39,41,43-48,57-59,61-62H,15-32H2,1-14H3/t33-,34+,35+,36-,37+,38-,39-,41?,43+,44-,45+,46-,47+,48?,50-,51-,52-,53+/m1/s1. The lowest BCUT2D eigenvalue weighted by Gasteiger charge is -2.50. The number of hydrogen-bond acceptors (Lipinski definition) is 16. The van der Waals surface area contributed by atoms with Crippen LogP contribution in [-0.2, 0) is 47.5 Å². The number of cyclic esters (lactones) is 1. The molecule has 0 aliphatic carbocycles. The molecule has 18 atom stereocenters. The molecule has 404 valence electrons. The maximum atomic E-state index is 15.2. The number of nitrogens with zero attached hydrogens (tertiary/aromatic N) is 1. The minimum atomic E-state index is -2.37. The van der Waals surface area contributed by atoms with E-state index < -0.39 is 119 Å². The van der Waals surface area contributed by atoms with Crippen LogP contribution in [0.1, 0.15) is 192 Å². The second kappa shape index (κ2) is 27.5. The second-order valence-electron chi connectivity index (χ2n) is 22.2. The second-order valence-corrected chi connectivity index (χ2v) is 22.2. The van der Waals surface area contributed by atoms with E-state index in [1.807, 2.05) is 25.9 Å². The van der Waals surface area contributed by atoms with Gasteiger partial charge in [0.05, 0.1) is 35.6 Å². The molecule has 0 spiro atoms. The number of rotatable bonds is 22. The smallest absolute Gasteiger partial charge is 0.353 e. The topological polar surface area (TPSA) is 220 Å². The Morgan fingerprint density at radius 3 is 1.83 bits per heavy atom. The summed E-state index contributed by atoms with van der Waals surface area (Å²) in [7, 11) is 5.11. The van der Waals surface area contributed by atoms with Gasteiger partial charge in [0.15, 0.2) is 12.6 Å². The highest BCUT2D eigenvalue weighted by Gasteiger charge is 2.59. The molecule has 0 aromatic carbocycles. The van der Waals surface area contributed by atoms with Crippen molar-refractivity contribution in [1.82, 2.24) is 4.90 Å². The van der Waals surface area contributed by atoms with E-state index in [2.05, 4.69) is 6.92 Å². The van der Waals surface area contributed by atoms with Crippen LogP contribution in [0.25, 0.3) is 0 Å². The molecule has 3 saturated heterocycles. The number of likely N-dealkylation sites (N-methyl/N-ethyl adjacent to an activating group) is 1. The predicted molar refractivity (Wildman–Crippen MR) is 262 cm³/mol. The van der Waals surface area contributed by atoms with Gasteiger partial charge in [-0.2, -0.15) is 0 Å². The summed E-state index contributed by atoms with van der Waals surface area (Å²) in [6.07, 6.45) is 2.36. The SMILES string of the molecule is CCCCCCCCCCCCCCCC(=O)O[C@]1(C)C(=O)O[C@H](CC)[C@@](C)(O)[C@H](O)[C@@H](C)C(=O)[C@H](C)C[C@@](C)(O)[C@H](OC2O[C@@H](C)C[C@@H](N(C)C)[C@@H]2O)[C@@H](C)[C@@H]1OC1C[C@@](C)(OC)[C@@H](O)[C@H](C)O1. The van der Waals surface area contributed by atoms with E-state index >= 15 is 4.79 Å². The van der Waals surface area contributed by atoms with Gasteiger partial charge in [-0.25, -0.2) is 4.79 Å². The molecule has 0 bridgehead atoms. The van der Waals surface area contributed by atoms with Crippen molar-refractivity contribution in [2.24, 2.45) is 17.8 Å². The van der Waals surface area contributed by atoms with Gasteiger partial charge in [-0.15, -0.1) is 0 Å². The minimum Gasteiger partial charge on any atom is -0.456 e. The Labute approximate surface area is 415 Å². The van der Waals surface area contributed by atoms with E-state index in [0.29, 0.717) is 12.8 Å². The van der Waals surface area contributed by atoms with Gasteiger partial charge < -0.3 is 63.6 Å². The molecule has 0 saturated carbocycles. The zero-order valence-corrected chi connectivity index (χ0v) is 45.1. The van der Waals surface area contributed by atoms with Crippen LogP contribution >= 0.6 is 0 Å². The fourth-order valence-corrected chi connectivity index (χ4v) is 11.1. The highest BCUT2D eigenvalue weighted by molar-refractivity contribution is 5.85. The third kappa shape index (κ3) is 16.3. The Kier molecular flexibility index (Phi) is 24.5. The Bertz CT molecular complexity index is 1560.